The van der Waals surface area contributed by atoms with Crippen LogP contribution in [0.3, 0.4) is 0 Å². The molecule has 160 valence electrons. The van der Waals surface area contributed by atoms with Crippen molar-refractivity contribution in [3.05, 3.63) is 65.2 Å². The second-order valence-corrected chi connectivity index (χ2v) is 8.11. The third-order valence-corrected chi connectivity index (χ3v) is 5.72. The highest BCUT2D eigenvalue weighted by Gasteiger charge is 2.20. The zero-order valence-electron chi connectivity index (χ0n) is 18.3. The highest BCUT2D eigenvalue weighted by Crippen LogP contribution is 2.25. The van der Waals surface area contributed by atoms with Crippen LogP contribution < -0.4 is 15.6 Å². The van der Waals surface area contributed by atoms with Crippen LogP contribution in [0.5, 0.6) is 0 Å². The Kier molecular flexibility index (Phi) is 6.40. The van der Waals surface area contributed by atoms with Crippen LogP contribution >= 0.6 is 0 Å². The Morgan fingerprint density at radius 3 is 2.45 bits per heavy atom. The van der Waals surface area contributed by atoms with Gasteiger partial charge >= 0.3 is 0 Å². The van der Waals surface area contributed by atoms with E-state index in [-0.39, 0.29) is 0 Å². The number of rotatable bonds is 6. The lowest BCUT2D eigenvalue weighted by Gasteiger charge is -2.30. The summed E-state index contributed by atoms with van der Waals surface area (Å²) in [4.78, 5) is 16.1. The summed E-state index contributed by atoms with van der Waals surface area (Å²) in [7, 11) is 0. The number of anilines is 4. The van der Waals surface area contributed by atoms with Gasteiger partial charge in [0.1, 0.15) is 0 Å². The fourth-order valence-electron chi connectivity index (χ4n) is 3.53. The number of aromatic nitrogens is 3. The van der Waals surface area contributed by atoms with Crippen LogP contribution in [0.1, 0.15) is 36.5 Å². The molecule has 0 aliphatic carbocycles. The maximum atomic E-state index is 4.72. The first-order valence-electron chi connectivity index (χ1n) is 10.8. The summed E-state index contributed by atoms with van der Waals surface area (Å²) in [5.74, 6) is 2.34. The van der Waals surface area contributed by atoms with Gasteiger partial charge in [0.25, 0.3) is 0 Å². The maximum absolute atomic E-state index is 4.72. The molecule has 0 spiro atoms. The third kappa shape index (κ3) is 5.36. The van der Waals surface area contributed by atoms with Gasteiger partial charge in [0.05, 0.1) is 6.21 Å². The molecule has 1 saturated heterocycles. The Bertz CT molecular complexity index is 1040. The molecule has 2 heterocycles. The standard InChI is InChI=1S/C24H29N7/c1-17-12-14-31(15-13-17)24-28-22(26-21-11-7-8-18(2)19(21)3)27-23(29-24)30-25-16-20-9-5-4-6-10-20/h4-11,16-17H,12-15H2,1-3H3,(H2,26,27,28,29,30). The van der Waals surface area contributed by atoms with E-state index in [2.05, 4.69) is 57.5 Å². The minimum Gasteiger partial charge on any atom is -0.341 e. The van der Waals surface area contributed by atoms with E-state index in [0.29, 0.717) is 17.8 Å². The molecule has 2 N–H and O–H groups in total. The van der Waals surface area contributed by atoms with Crippen molar-refractivity contribution in [1.29, 1.82) is 0 Å². The van der Waals surface area contributed by atoms with Crippen molar-refractivity contribution in [2.45, 2.75) is 33.6 Å². The highest BCUT2D eigenvalue weighted by atomic mass is 15.4. The first kappa shape index (κ1) is 20.8. The van der Waals surface area contributed by atoms with Gasteiger partial charge in [-0.05, 0) is 55.4 Å². The van der Waals surface area contributed by atoms with Crippen molar-refractivity contribution in [1.82, 2.24) is 15.0 Å². The third-order valence-electron chi connectivity index (χ3n) is 5.72. The Morgan fingerprint density at radius 1 is 0.935 bits per heavy atom. The maximum Gasteiger partial charge on any atom is 0.250 e. The lowest BCUT2D eigenvalue weighted by atomic mass is 10.00. The summed E-state index contributed by atoms with van der Waals surface area (Å²) in [5, 5.41) is 7.68. The second-order valence-electron chi connectivity index (χ2n) is 8.11. The molecule has 3 aromatic rings. The smallest absolute Gasteiger partial charge is 0.250 e. The van der Waals surface area contributed by atoms with Gasteiger partial charge in [-0.3, -0.25) is 0 Å². The number of hydrogen-bond donors (Lipinski definition) is 2. The van der Waals surface area contributed by atoms with Gasteiger partial charge in [0.15, 0.2) is 0 Å². The number of piperidine rings is 1. The van der Waals surface area contributed by atoms with Crippen molar-refractivity contribution >= 4 is 29.7 Å². The van der Waals surface area contributed by atoms with E-state index < -0.39 is 0 Å². The monoisotopic (exact) mass is 415 g/mol. The second kappa shape index (κ2) is 9.55. The first-order valence-corrected chi connectivity index (χ1v) is 10.8. The van der Waals surface area contributed by atoms with Crippen LogP contribution in [-0.2, 0) is 0 Å². The van der Waals surface area contributed by atoms with E-state index in [9.17, 15) is 0 Å². The van der Waals surface area contributed by atoms with Gasteiger partial charge in [-0.1, -0.05) is 49.4 Å². The summed E-state index contributed by atoms with van der Waals surface area (Å²) < 4.78 is 0. The lowest BCUT2D eigenvalue weighted by molar-refractivity contribution is 0.434. The average molecular weight is 416 g/mol. The topological polar surface area (TPSA) is 78.3 Å². The van der Waals surface area contributed by atoms with Crippen LogP contribution in [0.15, 0.2) is 53.6 Å². The molecule has 1 aliphatic rings. The molecule has 0 atom stereocenters. The largest absolute Gasteiger partial charge is 0.341 e. The Balaban J connectivity index is 1.60. The highest BCUT2D eigenvalue weighted by molar-refractivity contribution is 5.79. The summed E-state index contributed by atoms with van der Waals surface area (Å²) in [6.45, 7) is 8.37. The summed E-state index contributed by atoms with van der Waals surface area (Å²) in [5.41, 5.74) is 7.36. The Labute approximate surface area is 183 Å². The molecule has 0 unspecified atom stereocenters. The number of nitrogens with one attached hydrogen (secondary N) is 2. The molecular weight excluding hydrogens is 386 g/mol. The van der Waals surface area contributed by atoms with Gasteiger partial charge in [-0.2, -0.15) is 20.1 Å². The summed E-state index contributed by atoms with van der Waals surface area (Å²) >= 11 is 0. The van der Waals surface area contributed by atoms with E-state index in [1.165, 1.54) is 11.1 Å². The van der Waals surface area contributed by atoms with Gasteiger partial charge in [0, 0.05) is 18.8 Å². The van der Waals surface area contributed by atoms with Crippen LogP contribution in [0.4, 0.5) is 23.5 Å². The summed E-state index contributed by atoms with van der Waals surface area (Å²) in [6, 6.07) is 16.1. The minimum atomic E-state index is 0.420. The van der Waals surface area contributed by atoms with Crippen molar-refractivity contribution in [3.63, 3.8) is 0 Å². The van der Waals surface area contributed by atoms with Crippen LogP contribution in [0, 0.1) is 19.8 Å². The Hall–Kier alpha value is -3.48. The first-order chi connectivity index (χ1) is 15.1. The molecule has 0 amide bonds. The van der Waals surface area contributed by atoms with Crippen molar-refractivity contribution in [3.8, 4) is 0 Å². The number of hydrogen-bond acceptors (Lipinski definition) is 7. The van der Waals surface area contributed by atoms with E-state index in [0.717, 1.165) is 43.1 Å². The van der Waals surface area contributed by atoms with E-state index >= 15 is 0 Å². The number of aryl methyl sites for hydroxylation is 1. The van der Waals surface area contributed by atoms with Crippen LogP contribution in [-0.4, -0.2) is 34.3 Å². The van der Waals surface area contributed by atoms with Crippen molar-refractivity contribution < 1.29 is 0 Å². The SMILES string of the molecule is Cc1cccc(Nc2nc(NN=Cc3ccccc3)nc(N3CCC(C)CC3)n2)c1C. The van der Waals surface area contributed by atoms with E-state index in [1.807, 2.05) is 42.5 Å². The fourth-order valence-corrected chi connectivity index (χ4v) is 3.53. The van der Waals surface area contributed by atoms with E-state index in [4.69, 9.17) is 4.98 Å². The average Bonchev–Trinajstić information content (AvgIpc) is 2.78. The molecule has 1 fully saturated rings. The number of nitrogens with zero attached hydrogens (tertiary/aromatic N) is 5. The molecule has 31 heavy (non-hydrogen) atoms. The van der Waals surface area contributed by atoms with Gasteiger partial charge in [0.2, 0.25) is 17.8 Å². The fraction of sp³-hybridized carbons (Fsp3) is 0.333. The molecule has 0 radical (unpaired) electrons. The van der Waals surface area contributed by atoms with Crippen molar-refractivity contribution in [2.24, 2.45) is 11.0 Å². The molecular formula is C24H29N7. The zero-order valence-corrected chi connectivity index (χ0v) is 18.3. The van der Waals surface area contributed by atoms with E-state index in [1.54, 1.807) is 6.21 Å². The number of hydrazone groups is 1. The van der Waals surface area contributed by atoms with Gasteiger partial charge in [-0.15, -0.1) is 0 Å². The molecule has 7 heteroatoms. The Morgan fingerprint density at radius 2 is 1.68 bits per heavy atom. The van der Waals surface area contributed by atoms with Gasteiger partial charge in [-0.25, -0.2) is 5.43 Å². The number of benzene rings is 2. The quantitative estimate of drug-likeness (QED) is 0.440. The van der Waals surface area contributed by atoms with Crippen LogP contribution in [0.2, 0.25) is 0 Å². The van der Waals surface area contributed by atoms with Gasteiger partial charge < -0.3 is 10.2 Å². The van der Waals surface area contributed by atoms with Crippen LogP contribution in [0.25, 0.3) is 0 Å². The molecule has 0 saturated carbocycles. The molecule has 4 rings (SSSR count). The normalized spacial score (nSPS) is 14.7. The molecule has 0 bridgehead atoms. The summed E-state index contributed by atoms with van der Waals surface area (Å²) in [6.07, 6.45) is 4.03. The van der Waals surface area contributed by atoms with Crippen molar-refractivity contribution in [2.75, 3.05) is 28.7 Å². The molecule has 1 aliphatic heterocycles. The predicted octanol–water partition coefficient (Wildman–Crippen LogP) is 4.91. The lowest BCUT2D eigenvalue weighted by Crippen LogP contribution is -2.34. The molecule has 1 aromatic heterocycles. The zero-order chi connectivity index (χ0) is 21.6. The molecule has 2 aromatic carbocycles. The predicted molar refractivity (Wildman–Crippen MR) is 127 cm³/mol. The minimum absolute atomic E-state index is 0.420. The molecule has 7 nitrogen and oxygen atoms in total.